The van der Waals surface area contributed by atoms with Crippen LogP contribution in [-0.4, -0.2) is 60.6 Å². The van der Waals surface area contributed by atoms with E-state index in [0.717, 1.165) is 31.7 Å². The van der Waals surface area contributed by atoms with Gasteiger partial charge in [-0.15, -0.1) is 0 Å². The van der Waals surface area contributed by atoms with Crippen molar-refractivity contribution in [1.82, 2.24) is 15.3 Å². The number of ether oxygens (including phenoxy) is 1. The molecule has 0 radical (unpaired) electrons. The Balaban J connectivity index is 1.74. The lowest BCUT2D eigenvalue weighted by Gasteiger charge is -2.32. The molecule has 1 fully saturated rings. The maximum atomic E-state index is 11.8. The van der Waals surface area contributed by atoms with E-state index >= 15 is 0 Å². The standard InChI is InChI=1S/C14H20N4O2S/c1-17-6-8-18(9-7-17)16-13(19)10-20-12-4-2-11(3-5-12)14(15)21/h2-5H,6-10H2,1H3,(H2,15,21)(H,16,19). The second-order valence-electron chi connectivity index (χ2n) is 5.00. The topological polar surface area (TPSA) is 70.8 Å². The highest BCUT2D eigenvalue weighted by Crippen LogP contribution is 2.11. The summed E-state index contributed by atoms with van der Waals surface area (Å²) in [6.45, 7) is 3.53. The third-order valence-electron chi connectivity index (χ3n) is 3.29. The van der Waals surface area contributed by atoms with Gasteiger partial charge in [-0.3, -0.25) is 10.2 Å². The minimum Gasteiger partial charge on any atom is -0.484 e. The summed E-state index contributed by atoms with van der Waals surface area (Å²) in [7, 11) is 2.07. The van der Waals surface area contributed by atoms with Gasteiger partial charge in [0.15, 0.2) is 6.61 Å². The lowest BCUT2D eigenvalue weighted by Crippen LogP contribution is -2.53. The largest absolute Gasteiger partial charge is 0.484 e. The van der Waals surface area contributed by atoms with Crippen LogP contribution in [0.25, 0.3) is 0 Å². The zero-order valence-electron chi connectivity index (χ0n) is 12.0. The molecule has 0 unspecified atom stereocenters. The van der Waals surface area contributed by atoms with Gasteiger partial charge in [-0.1, -0.05) is 12.2 Å². The molecule has 1 aliphatic heterocycles. The van der Waals surface area contributed by atoms with Crippen molar-refractivity contribution < 1.29 is 9.53 Å². The van der Waals surface area contributed by atoms with Crippen molar-refractivity contribution in [2.24, 2.45) is 5.73 Å². The normalized spacial score (nSPS) is 16.4. The number of nitrogens with two attached hydrogens (primary N) is 1. The lowest BCUT2D eigenvalue weighted by molar-refractivity contribution is -0.128. The molecule has 0 saturated carbocycles. The molecule has 1 amide bonds. The molecule has 0 bridgehead atoms. The van der Waals surface area contributed by atoms with Crippen molar-refractivity contribution in [2.45, 2.75) is 0 Å². The van der Waals surface area contributed by atoms with Crippen LogP contribution in [0.3, 0.4) is 0 Å². The van der Waals surface area contributed by atoms with Crippen molar-refractivity contribution in [3.05, 3.63) is 29.8 Å². The summed E-state index contributed by atoms with van der Waals surface area (Å²) in [5.41, 5.74) is 9.14. The predicted octanol–water partition coefficient (Wildman–Crippen LogP) is -0.0218. The fourth-order valence-corrected chi connectivity index (χ4v) is 2.13. The summed E-state index contributed by atoms with van der Waals surface area (Å²) in [6, 6.07) is 7.04. The molecular weight excluding hydrogens is 288 g/mol. The van der Waals surface area contributed by atoms with Gasteiger partial charge >= 0.3 is 0 Å². The Morgan fingerprint density at radius 1 is 1.29 bits per heavy atom. The minimum absolute atomic E-state index is 0.0151. The van der Waals surface area contributed by atoms with Gasteiger partial charge < -0.3 is 15.4 Å². The van der Waals surface area contributed by atoms with E-state index in [-0.39, 0.29) is 12.5 Å². The molecule has 1 aromatic carbocycles. The van der Waals surface area contributed by atoms with Crippen LogP contribution in [0.4, 0.5) is 0 Å². The van der Waals surface area contributed by atoms with E-state index < -0.39 is 0 Å². The number of thiocarbonyl (C=S) groups is 1. The maximum absolute atomic E-state index is 11.8. The third kappa shape index (κ3) is 4.96. The Morgan fingerprint density at radius 3 is 2.48 bits per heavy atom. The molecule has 1 aromatic rings. The molecule has 1 aliphatic rings. The fourth-order valence-electron chi connectivity index (χ4n) is 1.99. The summed E-state index contributed by atoms with van der Waals surface area (Å²) >= 11 is 4.87. The quantitative estimate of drug-likeness (QED) is 0.745. The highest BCUT2D eigenvalue weighted by Gasteiger charge is 2.15. The first-order valence-electron chi connectivity index (χ1n) is 6.80. The van der Waals surface area contributed by atoms with Crippen molar-refractivity contribution in [2.75, 3.05) is 39.8 Å². The number of hydrogen-bond acceptors (Lipinski definition) is 5. The first kappa shape index (κ1) is 15.7. The fraction of sp³-hybridized carbons (Fsp3) is 0.429. The zero-order valence-corrected chi connectivity index (χ0v) is 12.9. The molecule has 0 spiro atoms. The Bertz CT molecular complexity index is 498. The van der Waals surface area contributed by atoms with Crippen molar-refractivity contribution in [3.8, 4) is 5.75 Å². The smallest absolute Gasteiger partial charge is 0.272 e. The summed E-state index contributed by atoms with van der Waals surface area (Å²) in [5.74, 6) is 0.460. The van der Waals surface area contributed by atoms with Gasteiger partial charge in [0, 0.05) is 31.7 Å². The molecule has 6 nitrogen and oxygen atoms in total. The van der Waals surface area contributed by atoms with Gasteiger partial charge in [0.05, 0.1) is 0 Å². The van der Waals surface area contributed by atoms with Gasteiger partial charge in [-0.2, -0.15) is 0 Å². The Kier molecular flexibility index (Phi) is 5.49. The summed E-state index contributed by atoms with van der Waals surface area (Å²) in [6.07, 6.45) is 0. The summed E-state index contributed by atoms with van der Waals surface area (Å²) in [5, 5.41) is 1.92. The average Bonchev–Trinajstić information content (AvgIpc) is 2.48. The van der Waals surface area contributed by atoms with Crippen LogP contribution >= 0.6 is 12.2 Å². The number of likely N-dealkylation sites (N-methyl/N-ethyl adjacent to an activating group) is 1. The zero-order chi connectivity index (χ0) is 15.2. The highest BCUT2D eigenvalue weighted by molar-refractivity contribution is 7.80. The van der Waals surface area contributed by atoms with Crippen LogP contribution in [-0.2, 0) is 4.79 Å². The summed E-state index contributed by atoms with van der Waals surface area (Å²) < 4.78 is 5.43. The Morgan fingerprint density at radius 2 is 1.90 bits per heavy atom. The molecule has 21 heavy (non-hydrogen) atoms. The lowest BCUT2D eigenvalue weighted by atomic mass is 10.2. The van der Waals surface area contributed by atoms with E-state index in [1.807, 2.05) is 5.01 Å². The van der Waals surface area contributed by atoms with Gasteiger partial charge in [-0.05, 0) is 31.3 Å². The average molecular weight is 308 g/mol. The van der Waals surface area contributed by atoms with E-state index in [4.69, 9.17) is 22.7 Å². The van der Waals surface area contributed by atoms with Crippen LogP contribution in [0.1, 0.15) is 5.56 Å². The third-order valence-corrected chi connectivity index (χ3v) is 3.53. The van der Waals surface area contributed by atoms with Crippen molar-refractivity contribution in [1.29, 1.82) is 0 Å². The van der Waals surface area contributed by atoms with E-state index in [0.29, 0.717) is 10.7 Å². The number of benzene rings is 1. The first-order valence-corrected chi connectivity index (χ1v) is 7.21. The second-order valence-corrected chi connectivity index (χ2v) is 5.44. The number of rotatable bonds is 5. The number of hydrazine groups is 1. The molecule has 114 valence electrons. The first-order chi connectivity index (χ1) is 10.0. The molecule has 3 N–H and O–H groups in total. The molecule has 1 saturated heterocycles. The Hall–Kier alpha value is -1.70. The van der Waals surface area contributed by atoms with Crippen LogP contribution in [0, 0.1) is 0 Å². The maximum Gasteiger partial charge on any atom is 0.272 e. The SMILES string of the molecule is CN1CCN(NC(=O)COc2ccc(C(N)=S)cc2)CC1. The van der Waals surface area contributed by atoms with E-state index in [9.17, 15) is 4.79 Å². The number of amides is 1. The monoisotopic (exact) mass is 308 g/mol. The van der Waals surface area contributed by atoms with E-state index in [1.54, 1.807) is 24.3 Å². The van der Waals surface area contributed by atoms with Crippen molar-refractivity contribution in [3.63, 3.8) is 0 Å². The molecule has 0 aromatic heterocycles. The molecule has 1 heterocycles. The van der Waals surface area contributed by atoms with Gasteiger partial charge in [0.25, 0.3) is 5.91 Å². The molecule has 7 heteroatoms. The van der Waals surface area contributed by atoms with Crippen LogP contribution < -0.4 is 15.9 Å². The summed E-state index contributed by atoms with van der Waals surface area (Å²) in [4.78, 5) is 14.4. The molecule has 2 rings (SSSR count). The number of carbonyl (C=O) groups is 1. The predicted molar refractivity (Wildman–Crippen MR) is 85.0 cm³/mol. The van der Waals surface area contributed by atoms with Crippen LogP contribution in [0.15, 0.2) is 24.3 Å². The van der Waals surface area contributed by atoms with E-state index in [1.165, 1.54) is 0 Å². The number of nitrogens with zero attached hydrogens (tertiary/aromatic N) is 2. The highest BCUT2D eigenvalue weighted by atomic mass is 32.1. The van der Waals surface area contributed by atoms with Gasteiger partial charge in [0.1, 0.15) is 10.7 Å². The molecular formula is C14H20N4O2S. The van der Waals surface area contributed by atoms with E-state index in [2.05, 4.69) is 17.4 Å². The molecule has 0 atom stereocenters. The number of carbonyl (C=O) groups excluding carboxylic acids is 1. The molecule has 0 aliphatic carbocycles. The minimum atomic E-state index is -0.155. The Labute approximate surface area is 129 Å². The number of nitrogens with one attached hydrogen (secondary N) is 1. The van der Waals surface area contributed by atoms with Gasteiger partial charge in [0.2, 0.25) is 0 Å². The van der Waals surface area contributed by atoms with Gasteiger partial charge in [-0.25, -0.2) is 5.01 Å². The second kappa shape index (κ2) is 7.35. The van der Waals surface area contributed by atoms with Crippen molar-refractivity contribution >= 4 is 23.1 Å². The van der Waals surface area contributed by atoms with Crippen LogP contribution in [0.5, 0.6) is 5.75 Å². The number of hydrogen-bond donors (Lipinski definition) is 2. The van der Waals surface area contributed by atoms with Crippen LogP contribution in [0.2, 0.25) is 0 Å². The number of piperazine rings is 1.